The van der Waals surface area contributed by atoms with E-state index in [2.05, 4.69) is 19.9 Å². The lowest BCUT2D eigenvalue weighted by atomic mass is 9.46. The summed E-state index contributed by atoms with van der Waals surface area (Å²) in [4.78, 5) is 34.8. The van der Waals surface area contributed by atoms with Crippen molar-refractivity contribution in [3.8, 4) is 0 Å². The van der Waals surface area contributed by atoms with Crippen molar-refractivity contribution in [2.45, 2.75) is 104 Å². The Kier molecular flexibility index (Phi) is 6.64. The van der Waals surface area contributed by atoms with Crippen LogP contribution in [0.2, 0.25) is 0 Å². The third-order valence-corrected chi connectivity index (χ3v) is 9.89. The van der Waals surface area contributed by atoms with Crippen LogP contribution in [-0.2, 0) is 28.6 Å². The van der Waals surface area contributed by atoms with E-state index >= 15 is 0 Å². The van der Waals surface area contributed by atoms with Crippen LogP contribution in [0.1, 0.15) is 86.0 Å². The molecule has 4 rings (SSSR count). The standard InChI is InChI=1S/C27H40O7/c1-16(28)32-15-24(34-18(3)30)27(31)13-10-23-21-7-6-19-14-20(33-17(2)29)8-11-25(19,4)22(21)9-12-26(23,27)5/h6,20-24,31H,7-15H2,1-5H3/t20?,21?,22?,23?,24-,25?,26?,27?/m0/s1. The van der Waals surface area contributed by atoms with E-state index in [1.165, 1.54) is 26.3 Å². The molecule has 190 valence electrons. The second-order valence-electron chi connectivity index (χ2n) is 11.6. The Morgan fingerprint density at radius 3 is 2.35 bits per heavy atom. The lowest BCUT2D eigenvalue weighted by Gasteiger charge is -2.59. The van der Waals surface area contributed by atoms with Crippen LogP contribution in [0.4, 0.5) is 0 Å². The number of carbonyl (C=O) groups is 3. The van der Waals surface area contributed by atoms with E-state index < -0.39 is 29.1 Å². The van der Waals surface area contributed by atoms with E-state index in [-0.39, 0.29) is 24.1 Å². The summed E-state index contributed by atoms with van der Waals surface area (Å²) in [5, 5.41) is 12.0. The average Bonchev–Trinajstić information content (AvgIpc) is 3.02. The van der Waals surface area contributed by atoms with Gasteiger partial charge >= 0.3 is 17.9 Å². The zero-order chi connectivity index (χ0) is 24.9. The van der Waals surface area contributed by atoms with Crippen LogP contribution in [0.25, 0.3) is 0 Å². The third-order valence-electron chi connectivity index (χ3n) is 9.89. The molecule has 0 spiro atoms. The summed E-state index contributed by atoms with van der Waals surface area (Å²) >= 11 is 0. The molecule has 7 unspecified atom stereocenters. The molecule has 0 aromatic rings. The van der Waals surface area contributed by atoms with Crippen LogP contribution in [0.15, 0.2) is 11.6 Å². The molecular formula is C27H40O7. The van der Waals surface area contributed by atoms with Gasteiger partial charge in [0.2, 0.25) is 0 Å². The van der Waals surface area contributed by atoms with Gasteiger partial charge in [0.05, 0.1) is 0 Å². The van der Waals surface area contributed by atoms with E-state index in [0.29, 0.717) is 24.2 Å². The first-order valence-corrected chi connectivity index (χ1v) is 12.8. The molecular weight excluding hydrogens is 436 g/mol. The van der Waals surface area contributed by atoms with Gasteiger partial charge in [0.1, 0.15) is 18.3 Å². The van der Waals surface area contributed by atoms with Gasteiger partial charge in [-0.1, -0.05) is 25.5 Å². The molecule has 0 radical (unpaired) electrons. The molecule has 7 heteroatoms. The monoisotopic (exact) mass is 476 g/mol. The second kappa shape index (κ2) is 8.96. The number of hydrogen-bond acceptors (Lipinski definition) is 7. The summed E-state index contributed by atoms with van der Waals surface area (Å²) in [5.74, 6) is 0.121. The summed E-state index contributed by atoms with van der Waals surface area (Å²) in [5.41, 5.74) is -0.141. The maximum Gasteiger partial charge on any atom is 0.303 e. The van der Waals surface area contributed by atoms with Gasteiger partial charge < -0.3 is 19.3 Å². The quantitative estimate of drug-likeness (QED) is 0.362. The Labute approximate surface area is 202 Å². The van der Waals surface area contributed by atoms with Gasteiger partial charge in [-0.3, -0.25) is 14.4 Å². The molecule has 0 aromatic heterocycles. The van der Waals surface area contributed by atoms with Crippen molar-refractivity contribution in [3.05, 3.63) is 11.6 Å². The Morgan fingerprint density at radius 2 is 1.71 bits per heavy atom. The Hall–Kier alpha value is -1.89. The van der Waals surface area contributed by atoms with Gasteiger partial charge in [0.25, 0.3) is 0 Å². The molecule has 3 saturated carbocycles. The fraction of sp³-hybridized carbons (Fsp3) is 0.815. The summed E-state index contributed by atoms with van der Waals surface area (Å²) in [7, 11) is 0. The topological polar surface area (TPSA) is 99.1 Å². The summed E-state index contributed by atoms with van der Waals surface area (Å²) in [6.07, 6.45) is 8.38. The SMILES string of the molecule is CC(=O)OC[C@H](OC(C)=O)C1(O)CCC2C3CC=C4CC(OC(C)=O)CCC4(C)C3CCC21C. The van der Waals surface area contributed by atoms with Crippen LogP contribution in [0.3, 0.4) is 0 Å². The fourth-order valence-corrected chi connectivity index (χ4v) is 8.21. The number of ether oxygens (including phenoxy) is 3. The average molecular weight is 477 g/mol. The lowest BCUT2D eigenvalue weighted by Crippen LogP contribution is -2.60. The predicted molar refractivity (Wildman–Crippen MR) is 124 cm³/mol. The molecule has 0 aromatic carbocycles. The maximum absolute atomic E-state index is 12.0. The summed E-state index contributed by atoms with van der Waals surface area (Å²) in [6, 6.07) is 0. The van der Waals surface area contributed by atoms with Crippen molar-refractivity contribution in [1.82, 2.24) is 0 Å². The minimum atomic E-state index is -1.23. The molecule has 0 amide bonds. The van der Waals surface area contributed by atoms with Crippen molar-refractivity contribution < 1.29 is 33.7 Å². The van der Waals surface area contributed by atoms with E-state index in [0.717, 1.165) is 44.9 Å². The van der Waals surface area contributed by atoms with Gasteiger partial charge in [0, 0.05) is 32.6 Å². The fourth-order valence-electron chi connectivity index (χ4n) is 8.21. The number of carbonyl (C=O) groups excluding carboxylic acids is 3. The summed E-state index contributed by atoms with van der Waals surface area (Å²) in [6.45, 7) is 8.53. The molecule has 3 fully saturated rings. The van der Waals surface area contributed by atoms with Gasteiger partial charge in [-0.25, -0.2) is 0 Å². The lowest BCUT2D eigenvalue weighted by molar-refractivity contribution is -0.206. The van der Waals surface area contributed by atoms with Gasteiger partial charge in [-0.05, 0) is 68.1 Å². The van der Waals surface area contributed by atoms with Gasteiger partial charge in [0.15, 0.2) is 6.10 Å². The van der Waals surface area contributed by atoms with Crippen LogP contribution < -0.4 is 0 Å². The van der Waals surface area contributed by atoms with Crippen molar-refractivity contribution >= 4 is 17.9 Å². The number of hydrogen-bond donors (Lipinski definition) is 1. The highest BCUT2D eigenvalue weighted by Gasteiger charge is 2.66. The molecule has 4 aliphatic carbocycles. The normalized spacial score (nSPS) is 41.8. The minimum Gasteiger partial charge on any atom is -0.462 e. The summed E-state index contributed by atoms with van der Waals surface area (Å²) < 4.78 is 16.3. The molecule has 4 aliphatic rings. The highest BCUT2D eigenvalue weighted by Crippen LogP contribution is 2.67. The molecule has 8 atom stereocenters. The molecule has 0 saturated heterocycles. The van der Waals surface area contributed by atoms with Crippen molar-refractivity contribution in [2.24, 2.45) is 28.6 Å². The Bertz CT molecular complexity index is 880. The number of aliphatic hydroxyl groups is 1. The Balaban J connectivity index is 1.58. The molecule has 0 heterocycles. The Morgan fingerprint density at radius 1 is 1.00 bits per heavy atom. The van der Waals surface area contributed by atoms with Gasteiger partial charge in [-0.2, -0.15) is 0 Å². The number of rotatable bonds is 5. The molecule has 34 heavy (non-hydrogen) atoms. The van der Waals surface area contributed by atoms with Crippen LogP contribution in [0.5, 0.6) is 0 Å². The number of esters is 3. The minimum absolute atomic E-state index is 0.0235. The molecule has 1 N–H and O–H groups in total. The van der Waals surface area contributed by atoms with Crippen molar-refractivity contribution in [1.29, 1.82) is 0 Å². The first-order chi connectivity index (χ1) is 15.9. The zero-order valence-corrected chi connectivity index (χ0v) is 21.2. The molecule has 0 aliphatic heterocycles. The van der Waals surface area contributed by atoms with E-state index in [9.17, 15) is 19.5 Å². The number of allylic oxidation sites excluding steroid dienone is 1. The van der Waals surface area contributed by atoms with Gasteiger partial charge in [-0.15, -0.1) is 0 Å². The van der Waals surface area contributed by atoms with E-state index in [4.69, 9.17) is 14.2 Å². The largest absolute Gasteiger partial charge is 0.462 e. The number of fused-ring (bicyclic) bond motifs is 5. The van der Waals surface area contributed by atoms with E-state index in [1.807, 2.05) is 0 Å². The predicted octanol–water partition coefficient (Wildman–Crippen LogP) is 4.11. The third kappa shape index (κ3) is 4.08. The van der Waals surface area contributed by atoms with Crippen LogP contribution in [-0.4, -0.2) is 47.4 Å². The van der Waals surface area contributed by atoms with Crippen molar-refractivity contribution in [2.75, 3.05) is 6.61 Å². The highest BCUT2D eigenvalue weighted by molar-refractivity contribution is 5.67. The highest BCUT2D eigenvalue weighted by atomic mass is 16.6. The van der Waals surface area contributed by atoms with Crippen molar-refractivity contribution in [3.63, 3.8) is 0 Å². The molecule has 0 bridgehead atoms. The smallest absolute Gasteiger partial charge is 0.303 e. The zero-order valence-electron chi connectivity index (χ0n) is 21.2. The maximum atomic E-state index is 12.0. The first-order valence-electron chi connectivity index (χ1n) is 12.8. The second-order valence-corrected chi connectivity index (χ2v) is 11.6. The van der Waals surface area contributed by atoms with E-state index in [1.54, 1.807) is 0 Å². The molecule has 7 nitrogen and oxygen atoms in total. The van der Waals surface area contributed by atoms with Crippen LogP contribution in [0, 0.1) is 28.6 Å². The van der Waals surface area contributed by atoms with Crippen LogP contribution >= 0.6 is 0 Å². The first kappa shape index (κ1) is 25.2.